The van der Waals surface area contributed by atoms with Crippen molar-refractivity contribution in [1.82, 2.24) is 5.32 Å². The minimum absolute atomic E-state index is 0.123. The monoisotopic (exact) mass is 250 g/mol. The van der Waals surface area contributed by atoms with Crippen molar-refractivity contribution >= 4 is 6.21 Å². The Morgan fingerprint density at radius 2 is 1.83 bits per heavy atom. The molecule has 0 spiro atoms. The molecule has 0 amide bonds. The Morgan fingerprint density at radius 1 is 1.11 bits per heavy atom. The van der Waals surface area contributed by atoms with Crippen molar-refractivity contribution in [2.24, 2.45) is 4.99 Å². The number of allylic oxidation sites excluding steroid dienone is 2. The molecular weight excluding hydrogens is 220 g/mol. The number of hydrogen-bond donors (Lipinski definition) is 1. The van der Waals surface area contributed by atoms with E-state index < -0.39 is 0 Å². The summed E-state index contributed by atoms with van der Waals surface area (Å²) in [6.45, 7) is 8.98. The standard InChI is InChI=1S/C16H30N2/c1-5-9-11-15-14(7-3)17-13-16(8-4,18-15)12-10-6-2/h13,18H,5-12H2,1-4H3. The zero-order chi connectivity index (χ0) is 13.4. The van der Waals surface area contributed by atoms with E-state index in [4.69, 9.17) is 4.99 Å². The predicted molar refractivity (Wildman–Crippen MR) is 81.0 cm³/mol. The highest BCUT2D eigenvalue weighted by Crippen LogP contribution is 2.27. The first-order chi connectivity index (χ1) is 8.71. The molecule has 0 saturated carbocycles. The van der Waals surface area contributed by atoms with E-state index in [1.54, 1.807) is 0 Å². The summed E-state index contributed by atoms with van der Waals surface area (Å²) >= 11 is 0. The van der Waals surface area contributed by atoms with Gasteiger partial charge in [0.05, 0.1) is 11.2 Å². The van der Waals surface area contributed by atoms with Gasteiger partial charge in [-0.05, 0) is 32.1 Å². The molecule has 2 heteroatoms. The van der Waals surface area contributed by atoms with Gasteiger partial charge in [0.25, 0.3) is 0 Å². The lowest BCUT2D eigenvalue weighted by molar-refractivity contribution is 0.402. The summed E-state index contributed by atoms with van der Waals surface area (Å²) in [6, 6.07) is 0. The molecule has 0 aromatic carbocycles. The first kappa shape index (κ1) is 15.3. The number of aliphatic imine (C=N–C) groups is 1. The summed E-state index contributed by atoms with van der Waals surface area (Å²) in [5.74, 6) is 0. The SMILES string of the molecule is CCCCC1=C(CC)N=CC(CC)(CCCC)N1. The van der Waals surface area contributed by atoms with Crippen LogP contribution in [0.15, 0.2) is 16.4 Å². The van der Waals surface area contributed by atoms with E-state index in [1.165, 1.54) is 43.5 Å². The molecule has 0 fully saturated rings. The van der Waals surface area contributed by atoms with E-state index in [1.807, 2.05) is 0 Å². The summed E-state index contributed by atoms with van der Waals surface area (Å²) in [6.07, 6.45) is 11.7. The predicted octanol–water partition coefficient (Wildman–Crippen LogP) is 4.81. The highest BCUT2D eigenvalue weighted by Gasteiger charge is 2.29. The first-order valence-electron chi connectivity index (χ1n) is 7.76. The van der Waals surface area contributed by atoms with Crippen molar-refractivity contribution in [2.45, 2.75) is 84.6 Å². The van der Waals surface area contributed by atoms with Crippen molar-refractivity contribution in [3.63, 3.8) is 0 Å². The maximum Gasteiger partial charge on any atom is 0.0722 e. The van der Waals surface area contributed by atoms with Crippen LogP contribution >= 0.6 is 0 Å². The molecule has 18 heavy (non-hydrogen) atoms. The number of nitrogens with one attached hydrogen (secondary N) is 1. The van der Waals surface area contributed by atoms with Gasteiger partial charge in [0, 0.05) is 11.9 Å². The normalized spacial score (nSPS) is 23.3. The molecule has 1 rings (SSSR count). The molecule has 0 aromatic heterocycles. The fourth-order valence-electron chi connectivity index (χ4n) is 2.53. The molecule has 1 aliphatic rings. The molecule has 0 bridgehead atoms. The Kier molecular flexibility index (Phi) is 6.45. The van der Waals surface area contributed by atoms with Gasteiger partial charge in [-0.25, -0.2) is 0 Å². The van der Waals surface area contributed by atoms with Gasteiger partial charge < -0.3 is 5.32 Å². The molecule has 1 unspecified atom stereocenters. The quantitative estimate of drug-likeness (QED) is 0.656. The lowest BCUT2D eigenvalue weighted by atomic mass is 9.88. The van der Waals surface area contributed by atoms with Gasteiger partial charge in [0.15, 0.2) is 0 Å². The van der Waals surface area contributed by atoms with Crippen LogP contribution in [0.5, 0.6) is 0 Å². The third-order valence-electron chi connectivity index (χ3n) is 3.94. The molecule has 0 aliphatic carbocycles. The molecule has 0 saturated heterocycles. The Bertz CT molecular complexity index is 304. The maximum absolute atomic E-state index is 4.75. The molecular formula is C16H30N2. The van der Waals surface area contributed by atoms with Crippen LogP contribution in [0.25, 0.3) is 0 Å². The van der Waals surface area contributed by atoms with Crippen LogP contribution in [0, 0.1) is 0 Å². The van der Waals surface area contributed by atoms with Crippen LogP contribution in [-0.2, 0) is 0 Å². The van der Waals surface area contributed by atoms with Gasteiger partial charge in [-0.15, -0.1) is 0 Å². The Balaban J connectivity index is 2.78. The highest BCUT2D eigenvalue weighted by molar-refractivity contribution is 5.73. The van der Waals surface area contributed by atoms with E-state index >= 15 is 0 Å². The molecule has 0 radical (unpaired) electrons. The van der Waals surface area contributed by atoms with E-state index in [-0.39, 0.29) is 5.54 Å². The third kappa shape index (κ3) is 3.86. The minimum atomic E-state index is 0.123. The largest absolute Gasteiger partial charge is 0.376 e. The first-order valence-corrected chi connectivity index (χ1v) is 7.76. The lowest BCUT2D eigenvalue weighted by Gasteiger charge is -2.36. The summed E-state index contributed by atoms with van der Waals surface area (Å²) < 4.78 is 0. The second-order valence-corrected chi connectivity index (χ2v) is 5.38. The molecule has 2 nitrogen and oxygen atoms in total. The molecule has 1 atom stereocenters. The average Bonchev–Trinajstić information content (AvgIpc) is 2.43. The van der Waals surface area contributed by atoms with E-state index in [2.05, 4.69) is 39.2 Å². The zero-order valence-electron chi connectivity index (χ0n) is 12.7. The molecule has 1 aliphatic heterocycles. The van der Waals surface area contributed by atoms with Crippen LogP contribution in [0.3, 0.4) is 0 Å². The van der Waals surface area contributed by atoms with Gasteiger partial charge in [0.2, 0.25) is 0 Å². The zero-order valence-corrected chi connectivity index (χ0v) is 12.7. The fourth-order valence-corrected chi connectivity index (χ4v) is 2.53. The van der Waals surface area contributed by atoms with Gasteiger partial charge in [-0.3, -0.25) is 4.99 Å². The van der Waals surface area contributed by atoms with Crippen LogP contribution in [0.4, 0.5) is 0 Å². The summed E-state index contributed by atoms with van der Waals surface area (Å²) in [7, 11) is 0. The van der Waals surface area contributed by atoms with Crippen molar-refractivity contribution in [3.8, 4) is 0 Å². The average molecular weight is 250 g/mol. The van der Waals surface area contributed by atoms with Crippen LogP contribution < -0.4 is 5.32 Å². The minimum Gasteiger partial charge on any atom is -0.376 e. The molecule has 104 valence electrons. The van der Waals surface area contributed by atoms with Crippen molar-refractivity contribution < 1.29 is 0 Å². The Morgan fingerprint density at radius 3 is 2.39 bits per heavy atom. The van der Waals surface area contributed by atoms with E-state index in [9.17, 15) is 0 Å². The Labute approximate surface area is 113 Å². The fraction of sp³-hybridized carbons (Fsp3) is 0.812. The Hall–Kier alpha value is -0.790. The maximum atomic E-state index is 4.75. The second-order valence-electron chi connectivity index (χ2n) is 5.38. The second kappa shape index (κ2) is 7.60. The van der Waals surface area contributed by atoms with Crippen LogP contribution in [-0.4, -0.2) is 11.8 Å². The third-order valence-corrected chi connectivity index (χ3v) is 3.94. The van der Waals surface area contributed by atoms with Crippen molar-refractivity contribution in [3.05, 3.63) is 11.4 Å². The summed E-state index contributed by atoms with van der Waals surface area (Å²) in [5.41, 5.74) is 2.79. The van der Waals surface area contributed by atoms with E-state index in [0.29, 0.717) is 0 Å². The number of rotatable bonds is 8. The van der Waals surface area contributed by atoms with Gasteiger partial charge in [-0.2, -0.15) is 0 Å². The number of hydrogen-bond acceptors (Lipinski definition) is 2. The van der Waals surface area contributed by atoms with Crippen molar-refractivity contribution in [1.29, 1.82) is 0 Å². The van der Waals surface area contributed by atoms with Gasteiger partial charge in [0.1, 0.15) is 0 Å². The van der Waals surface area contributed by atoms with Gasteiger partial charge >= 0.3 is 0 Å². The molecule has 1 heterocycles. The molecule has 1 N–H and O–H groups in total. The lowest BCUT2D eigenvalue weighted by Crippen LogP contribution is -2.48. The summed E-state index contributed by atoms with van der Waals surface area (Å²) in [4.78, 5) is 4.75. The highest BCUT2D eigenvalue weighted by atomic mass is 15.0. The number of nitrogens with zero attached hydrogens (tertiary/aromatic N) is 1. The van der Waals surface area contributed by atoms with Crippen molar-refractivity contribution in [2.75, 3.05) is 0 Å². The molecule has 0 aromatic rings. The summed E-state index contributed by atoms with van der Waals surface area (Å²) in [5, 5.41) is 3.82. The number of unbranched alkanes of at least 4 members (excludes halogenated alkanes) is 2. The topological polar surface area (TPSA) is 24.4 Å². The van der Waals surface area contributed by atoms with Gasteiger partial charge in [-0.1, -0.05) is 47.0 Å². The van der Waals surface area contributed by atoms with Crippen LogP contribution in [0.1, 0.15) is 79.1 Å². The van der Waals surface area contributed by atoms with Crippen LogP contribution in [0.2, 0.25) is 0 Å². The van der Waals surface area contributed by atoms with E-state index in [0.717, 1.165) is 19.3 Å². The smallest absolute Gasteiger partial charge is 0.0722 e.